The predicted octanol–water partition coefficient (Wildman–Crippen LogP) is -1.47. The second-order valence-corrected chi connectivity index (χ2v) is 23.8. The van der Waals surface area contributed by atoms with Gasteiger partial charge in [-0.3, -0.25) is 42.0 Å². The van der Waals surface area contributed by atoms with Gasteiger partial charge in [0.05, 0.1) is 54.3 Å². The number of carbonyl (C=O) groups excluding carboxylic acids is 1. The Balaban J connectivity index is 1.34. The van der Waals surface area contributed by atoms with E-state index in [1.165, 1.54) is 19.9 Å². The summed E-state index contributed by atoms with van der Waals surface area (Å²) in [7, 11) is 0. The maximum Gasteiger partial charge on any atom is 0.339 e. The maximum atomic E-state index is 13.8. The number of carboxylic acids is 1. The van der Waals surface area contributed by atoms with Crippen LogP contribution in [0.4, 0.5) is 0 Å². The van der Waals surface area contributed by atoms with Crippen LogP contribution >= 0.6 is 0 Å². The molecule has 3 aliphatic carbocycles. The molecule has 26 nitrogen and oxygen atoms in total. The first-order valence-corrected chi connectivity index (χ1v) is 29.4. The molecule has 2 aliphatic heterocycles. The van der Waals surface area contributed by atoms with Crippen molar-refractivity contribution < 1.29 is 80.3 Å². The zero-order chi connectivity index (χ0) is 63.2. The molecule has 21 atom stereocenters. The van der Waals surface area contributed by atoms with Gasteiger partial charge in [0.1, 0.15) is 61.3 Å². The van der Waals surface area contributed by atoms with E-state index in [0.717, 1.165) is 6.08 Å². The summed E-state index contributed by atoms with van der Waals surface area (Å²) >= 11 is 0. The lowest BCUT2D eigenvalue weighted by Gasteiger charge is -2.42. The van der Waals surface area contributed by atoms with Gasteiger partial charge in [0.15, 0.2) is 5.60 Å². The highest BCUT2D eigenvalue weighted by atomic mass is 16.6. The molecule has 0 aromatic carbocycles. The van der Waals surface area contributed by atoms with Crippen molar-refractivity contribution in [2.75, 3.05) is 0 Å². The minimum atomic E-state index is -1.78. The van der Waals surface area contributed by atoms with Crippen LogP contribution < -0.4 is 54.4 Å². The van der Waals surface area contributed by atoms with E-state index in [1.807, 2.05) is 45.9 Å². The van der Waals surface area contributed by atoms with Gasteiger partial charge in [-0.1, -0.05) is 82.2 Å². The van der Waals surface area contributed by atoms with Crippen LogP contribution in [0.15, 0.2) is 106 Å². The van der Waals surface area contributed by atoms with Crippen molar-refractivity contribution in [3.8, 4) is 0 Å². The van der Waals surface area contributed by atoms with Gasteiger partial charge < -0.3 is 88.0 Å². The fraction of sp³-hybridized carbons (Fsp3) is 0.661. The molecule has 5 aliphatic rings. The Kier molecular flexibility index (Phi) is 27.1. The van der Waals surface area contributed by atoms with Gasteiger partial charge >= 0.3 is 11.9 Å². The fourth-order valence-corrected chi connectivity index (χ4v) is 11.2. The monoisotopic (exact) mass is 1200 g/mol. The number of aliphatic carboxylic acids is 1. The van der Waals surface area contributed by atoms with E-state index in [-0.39, 0.29) is 43.6 Å². The van der Waals surface area contributed by atoms with E-state index in [2.05, 4.69) is 37.2 Å². The van der Waals surface area contributed by atoms with Gasteiger partial charge in [0.2, 0.25) is 0 Å². The number of hydrogen-bond acceptors (Lipinski definition) is 25. The third-order valence-corrected chi connectivity index (χ3v) is 15.9. The van der Waals surface area contributed by atoms with Crippen molar-refractivity contribution in [2.24, 2.45) is 35.0 Å². The van der Waals surface area contributed by atoms with Crippen molar-refractivity contribution in [2.45, 2.75) is 229 Å². The number of nitrogens with one attached hydrogen (secondary N) is 7. The van der Waals surface area contributed by atoms with Crippen molar-refractivity contribution in [1.82, 2.24) is 37.2 Å². The normalized spacial score (nSPS) is 26.2. The van der Waals surface area contributed by atoms with Crippen molar-refractivity contribution in [3.05, 3.63) is 106 Å². The van der Waals surface area contributed by atoms with Crippen LogP contribution in [0, 0.1) is 17.8 Å². The molecule has 2 heterocycles. The van der Waals surface area contributed by atoms with E-state index < -0.39 is 134 Å². The highest BCUT2D eigenvalue weighted by Gasteiger charge is 2.58. The number of aliphatic hydroxyl groups is 11. The molecule has 0 saturated carbocycles. The Hall–Kier alpha value is -4.76. The topological polar surface area (TPSA) is 458 Å². The quantitative estimate of drug-likeness (QED) is 0.0149. The number of allylic oxidation sites excluding steroid dienone is 5. The second-order valence-electron chi connectivity index (χ2n) is 23.8. The number of hydrogen-bond donors (Lipinski definition) is 22. The molecule has 25 N–H and O–H groups in total. The highest BCUT2D eigenvalue weighted by molar-refractivity contribution is 6.00. The molecule has 0 aromatic rings. The number of esters is 1. The van der Waals surface area contributed by atoms with Crippen molar-refractivity contribution in [1.29, 1.82) is 0 Å². The molecule has 480 valence electrons. The van der Waals surface area contributed by atoms with Crippen LogP contribution in [0.5, 0.6) is 0 Å². The van der Waals surface area contributed by atoms with E-state index >= 15 is 0 Å². The largest absolute Gasteiger partial charge is 0.516 e. The SMILES string of the molecule is CCC(C)C(NC(O)C1C=C2C(=CC1)C(=O)OC21C2=C(CC(N)C=C2)OC2=C1CCC(N)=C2)C(O)NC(C=CO)C(O)NC(CCC(=O)O)C(O)NC(C=C(C)C)C(O)NC(CC(N)O)C(O)NC(C=CC(C)C)C(O)NC(CC(C)O)C(C)O. The summed E-state index contributed by atoms with van der Waals surface area (Å²) in [5.41, 5.74) is 20.5. The summed E-state index contributed by atoms with van der Waals surface area (Å²) < 4.78 is 12.7. The lowest BCUT2D eigenvalue weighted by molar-refractivity contribution is -0.141. The average Bonchev–Trinajstić information content (AvgIpc) is 1.68. The number of rotatable bonds is 35. The Morgan fingerprint density at radius 2 is 1.40 bits per heavy atom. The molecule has 5 rings (SSSR count). The predicted molar refractivity (Wildman–Crippen MR) is 316 cm³/mol. The standard InChI is InChI=1S/C59H98N10O16/c1-9-30(6)50(69-51(76)33-11-14-36-39(24-33)59(85-58(36)83)37-15-12-34(60)25-46(37)84-47-26-35(61)13-16-38(47)59)57(82)65-42(20-21-70)54(79)63-41(18-19-49(74)75)53(78)67-44(22-29(4)5)55(80)68-45(27-48(62)73)56(81)64-40(17-10-28(2)3)52(77)66-43(32(8)72)23-31(7)71/h10,12,14-15,17,20-22,24,26,28,30-34,40-45,48,50-57,63-73,76-82H,9,11,13,16,18-19,23,25,27,60-62H2,1-8H3,(H,74,75). The first-order chi connectivity index (χ1) is 40.0. The second kappa shape index (κ2) is 32.5. The zero-order valence-corrected chi connectivity index (χ0v) is 50.0. The first kappa shape index (κ1) is 71.0. The van der Waals surface area contributed by atoms with E-state index in [4.69, 9.17) is 26.7 Å². The van der Waals surface area contributed by atoms with Gasteiger partial charge in [0.25, 0.3) is 0 Å². The molecule has 0 aromatic heterocycles. The molecular formula is C59H98N10O16. The zero-order valence-electron chi connectivity index (χ0n) is 50.0. The van der Waals surface area contributed by atoms with Crippen LogP contribution in [0.3, 0.4) is 0 Å². The van der Waals surface area contributed by atoms with Crippen LogP contribution in [0.1, 0.15) is 113 Å². The average molecular weight is 1200 g/mol. The number of carboxylic acid groups (broad SMARTS) is 1. The van der Waals surface area contributed by atoms with Crippen LogP contribution in [-0.4, -0.2) is 189 Å². The Bertz CT molecular complexity index is 2510. The van der Waals surface area contributed by atoms with Gasteiger partial charge in [-0.15, -0.1) is 0 Å². The third-order valence-electron chi connectivity index (χ3n) is 15.9. The molecule has 85 heavy (non-hydrogen) atoms. The molecule has 1 fully saturated rings. The fourth-order valence-electron chi connectivity index (χ4n) is 11.2. The van der Waals surface area contributed by atoms with Crippen LogP contribution in [0.2, 0.25) is 0 Å². The van der Waals surface area contributed by atoms with E-state index in [0.29, 0.717) is 77.0 Å². The van der Waals surface area contributed by atoms with E-state index in [9.17, 15) is 70.9 Å². The Labute approximate surface area is 498 Å². The molecule has 0 radical (unpaired) electrons. The summed E-state index contributed by atoms with van der Waals surface area (Å²) in [6.45, 7) is 13.9. The molecule has 0 amide bonds. The molecule has 0 bridgehead atoms. The van der Waals surface area contributed by atoms with Crippen LogP contribution in [-0.2, 0) is 19.1 Å². The number of carbonyl (C=O) groups is 2. The molecule has 1 spiro atoms. The lowest BCUT2D eigenvalue weighted by atomic mass is 9.69. The highest BCUT2D eigenvalue weighted by Crippen LogP contribution is 2.56. The molecule has 21 unspecified atom stereocenters. The minimum Gasteiger partial charge on any atom is -0.516 e. The number of ether oxygens (including phenoxy) is 2. The number of aliphatic hydroxyl groups excluding tert-OH is 11. The first-order valence-electron chi connectivity index (χ1n) is 29.4. The van der Waals surface area contributed by atoms with Gasteiger partial charge in [-0.2, -0.15) is 0 Å². The van der Waals surface area contributed by atoms with Gasteiger partial charge in [0, 0.05) is 65.7 Å². The lowest BCUT2D eigenvalue weighted by Crippen LogP contribution is -2.64. The molecule has 26 heteroatoms. The number of nitrogens with two attached hydrogens (primary N) is 3. The summed E-state index contributed by atoms with van der Waals surface area (Å²) in [5, 5.41) is 153. The molecular weight excluding hydrogens is 1100 g/mol. The summed E-state index contributed by atoms with van der Waals surface area (Å²) in [5.74, 6) is -1.80. The van der Waals surface area contributed by atoms with Gasteiger partial charge in [-0.25, -0.2) is 4.79 Å². The van der Waals surface area contributed by atoms with Gasteiger partial charge in [-0.05, 0) is 83.8 Å². The summed E-state index contributed by atoms with van der Waals surface area (Å²) in [6, 6.07) is -8.29. The summed E-state index contributed by atoms with van der Waals surface area (Å²) in [6.07, 6.45) is 1.73. The smallest absolute Gasteiger partial charge is 0.339 e. The van der Waals surface area contributed by atoms with Crippen molar-refractivity contribution in [3.63, 3.8) is 0 Å². The number of fused-ring (bicyclic) bond motifs is 4. The third kappa shape index (κ3) is 19.4. The molecule has 1 saturated heterocycles. The van der Waals surface area contributed by atoms with E-state index in [1.54, 1.807) is 38.2 Å². The minimum absolute atomic E-state index is 0.00262. The maximum absolute atomic E-state index is 13.8. The Morgan fingerprint density at radius 1 is 0.788 bits per heavy atom. The van der Waals surface area contributed by atoms with Crippen LogP contribution in [0.25, 0.3) is 0 Å². The Morgan fingerprint density at radius 3 is 2.00 bits per heavy atom. The van der Waals surface area contributed by atoms with Crippen molar-refractivity contribution >= 4 is 11.9 Å². The summed E-state index contributed by atoms with van der Waals surface area (Å²) in [4.78, 5) is 25.8.